The Balaban J connectivity index is 1.51. The van der Waals surface area contributed by atoms with Gasteiger partial charge in [-0.25, -0.2) is 0 Å². The fraction of sp³-hybridized carbons (Fsp3) is 0.375. The van der Waals surface area contributed by atoms with Crippen molar-refractivity contribution in [3.05, 3.63) is 40.2 Å². The molecule has 5 nitrogen and oxygen atoms in total. The molecule has 2 N–H and O–H groups in total. The van der Waals surface area contributed by atoms with Crippen LogP contribution in [0.25, 0.3) is 0 Å². The Morgan fingerprint density at radius 2 is 2.45 bits per heavy atom. The first kappa shape index (κ1) is 13.6. The summed E-state index contributed by atoms with van der Waals surface area (Å²) >= 11 is 1.52. The van der Waals surface area contributed by atoms with Crippen LogP contribution in [0.5, 0.6) is 0 Å². The van der Waals surface area contributed by atoms with E-state index in [0.717, 1.165) is 37.1 Å². The van der Waals surface area contributed by atoms with E-state index in [4.69, 9.17) is 4.42 Å². The molecular weight excluding hydrogens is 298 g/mol. The maximum Gasteiger partial charge on any atom is 0.228 e. The van der Waals surface area contributed by atoms with Gasteiger partial charge in [0, 0.05) is 17.3 Å². The van der Waals surface area contributed by atoms with Crippen LogP contribution < -0.4 is 10.6 Å². The van der Waals surface area contributed by atoms with Gasteiger partial charge in [-0.2, -0.15) is 5.26 Å². The van der Waals surface area contributed by atoms with Gasteiger partial charge in [0.25, 0.3) is 0 Å². The number of hydrogen-bond acceptors (Lipinski definition) is 5. The molecule has 22 heavy (non-hydrogen) atoms. The molecule has 0 spiro atoms. The fourth-order valence-electron chi connectivity index (χ4n) is 3.08. The van der Waals surface area contributed by atoms with E-state index in [0.29, 0.717) is 10.6 Å². The van der Waals surface area contributed by atoms with E-state index in [1.54, 1.807) is 12.5 Å². The van der Waals surface area contributed by atoms with Crippen LogP contribution in [-0.2, 0) is 17.8 Å². The topological polar surface area (TPSA) is 78.1 Å². The van der Waals surface area contributed by atoms with Crippen LogP contribution in [0.1, 0.15) is 33.9 Å². The first-order valence-corrected chi connectivity index (χ1v) is 8.18. The number of carbonyl (C=O) groups excluding carboxylic acids is 1. The molecule has 2 unspecified atom stereocenters. The minimum absolute atomic E-state index is 0.00857. The molecule has 6 heteroatoms. The van der Waals surface area contributed by atoms with Crippen LogP contribution >= 0.6 is 11.3 Å². The van der Waals surface area contributed by atoms with Crippen LogP contribution in [0.2, 0.25) is 0 Å². The summed E-state index contributed by atoms with van der Waals surface area (Å²) in [7, 11) is 0. The molecule has 2 aromatic heterocycles. The highest BCUT2D eigenvalue weighted by Crippen LogP contribution is 2.48. The predicted octanol–water partition coefficient (Wildman–Crippen LogP) is 2.60. The number of nitriles is 1. The standard InChI is InChI=1S/C16H15N3O2S/c17-6-13-10-1-3-18-7-14(10)22-16(13)19-15(20)12-5-11(12)9-2-4-21-8-9/h2,4,8,11-12,18H,1,3,5,7H2,(H,19,20). The minimum Gasteiger partial charge on any atom is -0.472 e. The van der Waals surface area contributed by atoms with Crippen molar-refractivity contribution >= 4 is 22.2 Å². The lowest BCUT2D eigenvalue weighted by Gasteiger charge is -2.11. The minimum atomic E-state index is -0.0126. The predicted molar refractivity (Wildman–Crippen MR) is 82.6 cm³/mol. The Morgan fingerprint density at radius 1 is 1.55 bits per heavy atom. The second-order valence-corrected chi connectivity index (χ2v) is 6.85. The fourth-order valence-corrected chi connectivity index (χ4v) is 4.26. The normalized spacial score (nSPS) is 22.7. The number of furan rings is 1. The van der Waals surface area contributed by atoms with Gasteiger partial charge in [-0.1, -0.05) is 0 Å². The third-order valence-corrected chi connectivity index (χ3v) is 5.52. The zero-order chi connectivity index (χ0) is 15.1. The summed E-state index contributed by atoms with van der Waals surface area (Å²) < 4.78 is 5.07. The third kappa shape index (κ3) is 2.23. The third-order valence-electron chi connectivity index (χ3n) is 4.38. The average molecular weight is 313 g/mol. The van der Waals surface area contributed by atoms with Gasteiger partial charge in [-0.15, -0.1) is 11.3 Å². The van der Waals surface area contributed by atoms with E-state index in [1.807, 2.05) is 6.07 Å². The zero-order valence-corrected chi connectivity index (χ0v) is 12.7. The quantitative estimate of drug-likeness (QED) is 0.913. The maximum atomic E-state index is 12.4. The van der Waals surface area contributed by atoms with E-state index in [2.05, 4.69) is 16.7 Å². The molecule has 0 radical (unpaired) electrons. The summed E-state index contributed by atoms with van der Waals surface area (Å²) in [6.07, 6.45) is 5.04. The second-order valence-electron chi connectivity index (χ2n) is 5.74. The Morgan fingerprint density at radius 3 is 3.23 bits per heavy atom. The zero-order valence-electron chi connectivity index (χ0n) is 11.9. The van der Waals surface area contributed by atoms with Crippen LogP contribution in [0.15, 0.2) is 23.0 Å². The highest BCUT2D eigenvalue weighted by Gasteiger charge is 2.44. The Bertz CT molecular complexity index is 757. The summed E-state index contributed by atoms with van der Waals surface area (Å²) in [4.78, 5) is 13.6. The van der Waals surface area contributed by atoms with E-state index < -0.39 is 0 Å². The molecule has 2 atom stereocenters. The van der Waals surface area contributed by atoms with Crippen LogP contribution in [0.4, 0.5) is 5.00 Å². The van der Waals surface area contributed by atoms with Gasteiger partial charge in [0.1, 0.15) is 11.1 Å². The Hall–Kier alpha value is -2.10. The molecule has 2 aliphatic rings. The molecule has 3 heterocycles. The first-order valence-electron chi connectivity index (χ1n) is 7.36. The number of amides is 1. The molecule has 0 aromatic carbocycles. The number of carbonyl (C=O) groups is 1. The first-order chi connectivity index (χ1) is 10.8. The van der Waals surface area contributed by atoms with E-state index in [-0.39, 0.29) is 17.7 Å². The van der Waals surface area contributed by atoms with Gasteiger partial charge in [0.15, 0.2) is 0 Å². The summed E-state index contributed by atoms with van der Waals surface area (Å²) in [6, 6.07) is 4.17. The molecule has 2 aromatic rings. The van der Waals surface area contributed by atoms with Crippen molar-refractivity contribution in [1.82, 2.24) is 5.32 Å². The van der Waals surface area contributed by atoms with Crippen molar-refractivity contribution in [2.75, 3.05) is 11.9 Å². The number of nitrogens with one attached hydrogen (secondary N) is 2. The monoisotopic (exact) mass is 313 g/mol. The van der Waals surface area contributed by atoms with E-state index in [9.17, 15) is 10.1 Å². The van der Waals surface area contributed by atoms with E-state index >= 15 is 0 Å². The molecular formula is C16H15N3O2S. The van der Waals surface area contributed by atoms with Gasteiger partial charge in [0.05, 0.1) is 18.1 Å². The lowest BCUT2D eigenvalue weighted by atomic mass is 10.1. The van der Waals surface area contributed by atoms with Gasteiger partial charge in [-0.05, 0) is 42.5 Å². The number of thiophene rings is 1. The smallest absolute Gasteiger partial charge is 0.228 e. The van der Waals surface area contributed by atoms with Crippen molar-refractivity contribution in [1.29, 1.82) is 5.26 Å². The summed E-state index contributed by atoms with van der Waals surface area (Å²) in [6.45, 7) is 1.67. The number of rotatable bonds is 3. The molecule has 0 saturated heterocycles. The van der Waals surface area contributed by atoms with Gasteiger partial charge < -0.3 is 15.1 Å². The molecule has 1 aliphatic carbocycles. The highest BCUT2D eigenvalue weighted by molar-refractivity contribution is 7.16. The molecule has 0 bridgehead atoms. The van der Waals surface area contributed by atoms with Crippen molar-refractivity contribution in [2.24, 2.45) is 5.92 Å². The summed E-state index contributed by atoms with van der Waals surface area (Å²) in [5.41, 5.74) is 2.83. The molecule has 112 valence electrons. The maximum absolute atomic E-state index is 12.4. The molecule has 1 fully saturated rings. The van der Waals surface area contributed by atoms with Crippen molar-refractivity contribution < 1.29 is 9.21 Å². The van der Waals surface area contributed by atoms with Crippen LogP contribution in [0, 0.1) is 17.2 Å². The second kappa shape index (κ2) is 5.27. The lowest BCUT2D eigenvalue weighted by molar-refractivity contribution is -0.117. The molecule has 1 amide bonds. The Labute approximate surface area is 131 Å². The number of fused-ring (bicyclic) bond motifs is 1. The summed E-state index contributed by atoms with van der Waals surface area (Å²) in [5, 5.41) is 16.4. The molecule has 1 saturated carbocycles. The van der Waals surface area contributed by atoms with Gasteiger partial charge in [0.2, 0.25) is 5.91 Å². The Kier molecular flexibility index (Phi) is 3.25. The lowest BCUT2D eigenvalue weighted by Crippen LogP contribution is -2.22. The van der Waals surface area contributed by atoms with Crippen LogP contribution in [-0.4, -0.2) is 12.5 Å². The van der Waals surface area contributed by atoms with Crippen molar-refractivity contribution in [2.45, 2.75) is 25.3 Å². The number of anilines is 1. The highest BCUT2D eigenvalue weighted by atomic mass is 32.1. The largest absolute Gasteiger partial charge is 0.472 e. The van der Waals surface area contributed by atoms with Gasteiger partial charge in [-0.3, -0.25) is 4.79 Å². The number of nitrogens with zero attached hydrogens (tertiary/aromatic N) is 1. The summed E-state index contributed by atoms with van der Waals surface area (Å²) in [5.74, 6) is 0.246. The molecule has 4 rings (SSSR count). The van der Waals surface area contributed by atoms with Gasteiger partial charge >= 0.3 is 0 Å². The van der Waals surface area contributed by atoms with Crippen molar-refractivity contribution in [3.63, 3.8) is 0 Å². The van der Waals surface area contributed by atoms with E-state index in [1.165, 1.54) is 16.2 Å². The number of hydrogen-bond donors (Lipinski definition) is 2. The SMILES string of the molecule is N#Cc1c(NC(=O)C2CC2c2ccoc2)sc2c1CCNC2. The van der Waals surface area contributed by atoms with Crippen LogP contribution in [0.3, 0.4) is 0 Å². The average Bonchev–Trinajstić information content (AvgIpc) is 3.00. The van der Waals surface area contributed by atoms with Crippen molar-refractivity contribution in [3.8, 4) is 6.07 Å². The molecule has 1 aliphatic heterocycles.